The molecular weight excluding hydrogens is 468 g/mol. The number of benzene rings is 2. The molecule has 1 amide bonds. The van der Waals surface area contributed by atoms with Gasteiger partial charge in [-0.2, -0.15) is 0 Å². The molecule has 0 spiro atoms. The minimum Gasteiger partial charge on any atom is -0.368 e. The molecule has 0 saturated carbocycles. The van der Waals surface area contributed by atoms with Crippen LogP contribution in [0.4, 0.5) is 11.4 Å². The van der Waals surface area contributed by atoms with Crippen molar-refractivity contribution in [3.05, 3.63) is 58.7 Å². The van der Waals surface area contributed by atoms with E-state index in [9.17, 15) is 13.2 Å². The van der Waals surface area contributed by atoms with Gasteiger partial charge in [0.25, 0.3) is 5.91 Å². The maximum Gasteiger partial charge on any atom is 0.254 e. The molecule has 0 unspecified atom stereocenters. The number of aliphatic imine (C=N–C) groups is 1. The fourth-order valence-electron chi connectivity index (χ4n) is 4.81. The molecule has 9 heteroatoms. The monoisotopic (exact) mass is 498 g/mol. The molecule has 0 aromatic heterocycles. The predicted octanol–water partition coefficient (Wildman–Crippen LogP) is 3.25. The topological polar surface area (TPSA) is 82.1 Å². The van der Waals surface area contributed by atoms with Crippen LogP contribution in [-0.2, 0) is 9.84 Å². The Morgan fingerprint density at radius 3 is 2.47 bits per heavy atom. The lowest BCUT2D eigenvalue weighted by atomic mass is 10.1. The van der Waals surface area contributed by atoms with Gasteiger partial charge in [-0.3, -0.25) is 9.79 Å². The molecule has 5 rings (SSSR count). The van der Waals surface area contributed by atoms with Gasteiger partial charge in [-0.25, -0.2) is 8.42 Å². The van der Waals surface area contributed by atoms with E-state index in [1.165, 1.54) is 28.6 Å². The van der Waals surface area contributed by atoms with Gasteiger partial charge in [0.2, 0.25) is 0 Å². The molecule has 180 valence electrons. The number of sulfone groups is 1. The average Bonchev–Trinajstić information content (AvgIpc) is 3.29. The van der Waals surface area contributed by atoms with Crippen molar-refractivity contribution in [1.82, 2.24) is 4.90 Å². The number of hydrogen-bond acceptors (Lipinski definition) is 7. The number of anilines is 2. The highest BCUT2D eigenvalue weighted by Crippen LogP contribution is 2.35. The van der Waals surface area contributed by atoms with E-state index in [0.717, 1.165) is 29.5 Å². The van der Waals surface area contributed by atoms with Gasteiger partial charge in [0.05, 0.1) is 17.5 Å². The Morgan fingerprint density at radius 1 is 1.00 bits per heavy atom. The third kappa shape index (κ3) is 4.68. The Morgan fingerprint density at radius 2 is 1.74 bits per heavy atom. The molecule has 3 aliphatic rings. The Hall–Kier alpha value is -2.52. The highest BCUT2D eigenvalue weighted by atomic mass is 32.2. The molecule has 3 aliphatic heterocycles. The van der Waals surface area contributed by atoms with Gasteiger partial charge in [-0.05, 0) is 55.7 Å². The number of aryl methyl sites for hydroxylation is 3. The van der Waals surface area contributed by atoms with Crippen molar-refractivity contribution in [1.29, 1.82) is 0 Å². The van der Waals surface area contributed by atoms with Crippen LogP contribution in [0.2, 0.25) is 0 Å². The summed E-state index contributed by atoms with van der Waals surface area (Å²) >= 11 is 1.49. The molecule has 0 aliphatic carbocycles. The van der Waals surface area contributed by atoms with Gasteiger partial charge in [-0.1, -0.05) is 30.0 Å². The molecule has 7 nitrogen and oxygen atoms in total. The number of thioether (sulfide) groups is 1. The van der Waals surface area contributed by atoms with Gasteiger partial charge in [0.1, 0.15) is 0 Å². The van der Waals surface area contributed by atoms with E-state index in [1.54, 1.807) is 0 Å². The summed E-state index contributed by atoms with van der Waals surface area (Å²) in [7, 11) is -2.98. The van der Waals surface area contributed by atoms with Crippen molar-refractivity contribution >= 4 is 44.0 Å². The van der Waals surface area contributed by atoms with Crippen molar-refractivity contribution in [3.8, 4) is 0 Å². The van der Waals surface area contributed by atoms with Crippen LogP contribution in [0.15, 0.2) is 41.4 Å². The van der Waals surface area contributed by atoms with E-state index in [1.807, 2.05) is 30.0 Å². The second kappa shape index (κ2) is 8.92. The molecule has 2 atom stereocenters. The van der Waals surface area contributed by atoms with Crippen molar-refractivity contribution in [3.63, 3.8) is 0 Å². The van der Waals surface area contributed by atoms with E-state index in [4.69, 9.17) is 0 Å². The number of carbonyl (C=O) groups excluding carboxylic acids is 1. The van der Waals surface area contributed by atoms with Crippen molar-refractivity contribution < 1.29 is 13.2 Å². The normalized spacial score (nSPS) is 23.6. The molecule has 3 heterocycles. The molecule has 0 bridgehead atoms. The quantitative estimate of drug-likeness (QED) is 0.700. The first kappa shape index (κ1) is 23.2. The van der Waals surface area contributed by atoms with E-state index >= 15 is 0 Å². The lowest BCUT2D eigenvalue weighted by Crippen LogP contribution is -2.49. The third-order valence-electron chi connectivity index (χ3n) is 6.82. The number of nitrogens with zero attached hydrogens (tertiary/aromatic N) is 3. The van der Waals surface area contributed by atoms with Gasteiger partial charge >= 0.3 is 0 Å². The van der Waals surface area contributed by atoms with Gasteiger partial charge in [0, 0.05) is 48.4 Å². The maximum absolute atomic E-state index is 13.3. The summed E-state index contributed by atoms with van der Waals surface area (Å²) in [5.41, 5.74) is 6.27. The fourth-order valence-corrected chi connectivity index (χ4v) is 8.48. The second-order valence-electron chi connectivity index (χ2n) is 9.46. The zero-order chi connectivity index (χ0) is 24.0. The summed E-state index contributed by atoms with van der Waals surface area (Å²) in [6, 6.07) is 12.1. The third-order valence-corrected chi connectivity index (χ3v) is 9.96. The van der Waals surface area contributed by atoms with Crippen LogP contribution in [0.5, 0.6) is 0 Å². The van der Waals surface area contributed by atoms with Crippen molar-refractivity contribution in [2.45, 2.75) is 32.1 Å². The first-order chi connectivity index (χ1) is 16.2. The molecule has 34 heavy (non-hydrogen) atoms. The van der Waals surface area contributed by atoms with Crippen molar-refractivity contribution in [2.75, 3.05) is 47.9 Å². The minimum atomic E-state index is -2.98. The lowest BCUT2D eigenvalue weighted by molar-refractivity contribution is 0.0747. The lowest BCUT2D eigenvalue weighted by Gasteiger charge is -2.37. The highest BCUT2D eigenvalue weighted by Gasteiger charge is 2.42. The molecule has 2 saturated heterocycles. The van der Waals surface area contributed by atoms with E-state index < -0.39 is 9.84 Å². The average molecular weight is 499 g/mol. The first-order valence-corrected chi connectivity index (χ1v) is 14.3. The summed E-state index contributed by atoms with van der Waals surface area (Å²) in [4.78, 5) is 22.1. The van der Waals surface area contributed by atoms with Crippen LogP contribution < -0.4 is 10.2 Å². The summed E-state index contributed by atoms with van der Waals surface area (Å²) < 4.78 is 23.6. The molecular formula is C25H30N4O3S2. The summed E-state index contributed by atoms with van der Waals surface area (Å²) in [6.45, 7) is 9.22. The largest absolute Gasteiger partial charge is 0.368 e. The number of piperazine rings is 1. The zero-order valence-electron chi connectivity index (χ0n) is 19.7. The SMILES string of the molecule is Cc1ccc(C)c(N2CCN(C(=O)c3ccc(C)c(NC4=N[C@@H]5CS(=O)(=O)C[C@H]5S4)c3)CC2)c1. The van der Waals surface area contributed by atoms with Crippen molar-refractivity contribution in [2.24, 2.45) is 4.99 Å². The second-order valence-corrected chi connectivity index (χ2v) is 12.8. The zero-order valence-corrected chi connectivity index (χ0v) is 21.4. The van der Waals surface area contributed by atoms with E-state index in [-0.39, 0.29) is 28.7 Å². The number of rotatable bonds is 3. The smallest absolute Gasteiger partial charge is 0.254 e. The van der Waals surface area contributed by atoms with Crippen LogP contribution >= 0.6 is 11.8 Å². The predicted molar refractivity (Wildman–Crippen MR) is 140 cm³/mol. The minimum absolute atomic E-state index is 0.00837. The van der Waals surface area contributed by atoms with E-state index in [0.29, 0.717) is 18.7 Å². The Bertz CT molecular complexity index is 1270. The maximum atomic E-state index is 13.3. The molecule has 0 radical (unpaired) electrons. The number of carbonyl (C=O) groups is 1. The number of hydrogen-bond donors (Lipinski definition) is 1. The number of fused-ring (bicyclic) bond motifs is 1. The Kier molecular flexibility index (Phi) is 6.10. The number of amides is 1. The van der Waals surface area contributed by atoms with Crippen LogP contribution in [0.1, 0.15) is 27.0 Å². The highest BCUT2D eigenvalue weighted by molar-refractivity contribution is 8.15. The summed E-state index contributed by atoms with van der Waals surface area (Å²) in [5.74, 6) is 0.344. The Labute approximate surface area is 205 Å². The van der Waals surface area contributed by atoms with Crippen LogP contribution in [0, 0.1) is 20.8 Å². The number of nitrogens with one attached hydrogen (secondary N) is 1. The van der Waals surface area contributed by atoms with Gasteiger partial charge in [0.15, 0.2) is 15.0 Å². The van der Waals surface area contributed by atoms with Crippen LogP contribution in [0.25, 0.3) is 0 Å². The molecule has 2 fully saturated rings. The molecule has 2 aromatic rings. The summed E-state index contributed by atoms with van der Waals surface area (Å²) in [5, 5.41) is 4.07. The van der Waals surface area contributed by atoms with E-state index in [2.05, 4.69) is 47.3 Å². The van der Waals surface area contributed by atoms with Crippen LogP contribution in [0.3, 0.4) is 0 Å². The number of amidine groups is 1. The first-order valence-electron chi connectivity index (χ1n) is 11.6. The summed E-state index contributed by atoms with van der Waals surface area (Å²) in [6.07, 6.45) is 0. The molecule has 1 N–H and O–H groups in total. The fraction of sp³-hybridized carbons (Fsp3) is 0.440. The van der Waals surface area contributed by atoms with Crippen LogP contribution in [-0.4, -0.2) is 73.4 Å². The van der Waals surface area contributed by atoms with Gasteiger partial charge < -0.3 is 15.1 Å². The molecule has 2 aromatic carbocycles. The standard InChI is InChI=1S/C25H30N4O3S2/c1-16-4-5-18(3)22(12-16)28-8-10-29(11-9-28)24(30)19-7-6-17(2)20(13-19)26-25-27-21-14-34(31,32)15-23(21)33-25/h4-7,12-13,21,23H,8-11,14-15H2,1-3H3,(H,26,27)/t21-,23-/m1/s1. The Balaban J connectivity index is 1.25. The van der Waals surface area contributed by atoms with Gasteiger partial charge in [-0.15, -0.1) is 0 Å².